The van der Waals surface area contributed by atoms with Gasteiger partial charge in [0.2, 0.25) is 0 Å². The molecule has 1 aromatic heterocycles. The minimum Gasteiger partial charge on any atom is -0.506 e. The van der Waals surface area contributed by atoms with Gasteiger partial charge in [0.1, 0.15) is 11.3 Å². The maximum Gasteiger partial charge on any atom is 0.490 e. The van der Waals surface area contributed by atoms with Crippen LogP contribution in [0.2, 0.25) is 0 Å². The van der Waals surface area contributed by atoms with E-state index in [1.165, 1.54) is 12.1 Å². The maximum absolute atomic E-state index is 11.3. The zero-order valence-electron chi connectivity index (χ0n) is 14.5. The molecule has 2 heterocycles. The number of aromatic nitrogens is 1. The first-order valence-corrected chi connectivity index (χ1v) is 8.16. The first-order chi connectivity index (χ1) is 13.0. The van der Waals surface area contributed by atoms with Gasteiger partial charge in [0.15, 0.2) is 0 Å². The number of fused-ring (bicyclic) bond motifs is 1. The molecule has 2 aromatic rings. The molecule has 0 saturated carbocycles. The number of aromatic hydroxyl groups is 1. The van der Waals surface area contributed by atoms with E-state index in [9.17, 15) is 28.2 Å². The van der Waals surface area contributed by atoms with E-state index in [-0.39, 0.29) is 17.4 Å². The largest absolute Gasteiger partial charge is 0.506 e. The Morgan fingerprint density at radius 3 is 2.25 bits per heavy atom. The second kappa shape index (κ2) is 8.30. The molecular formula is C17H18F3N3O5. The highest BCUT2D eigenvalue weighted by Gasteiger charge is 2.38. The Hall–Kier alpha value is -3.08. The van der Waals surface area contributed by atoms with Crippen LogP contribution in [0.3, 0.4) is 0 Å². The van der Waals surface area contributed by atoms with Crippen LogP contribution < -0.4 is 10.6 Å². The summed E-state index contributed by atoms with van der Waals surface area (Å²) in [5.41, 5.74) is 7.22. The third-order valence-electron chi connectivity index (χ3n) is 4.19. The van der Waals surface area contributed by atoms with Gasteiger partial charge in [-0.15, -0.1) is 0 Å². The van der Waals surface area contributed by atoms with Crippen molar-refractivity contribution >= 4 is 28.5 Å². The van der Waals surface area contributed by atoms with Crippen molar-refractivity contribution in [2.75, 3.05) is 18.0 Å². The molecule has 1 aliphatic heterocycles. The summed E-state index contributed by atoms with van der Waals surface area (Å²) in [6.45, 7) is 1.66. The zero-order chi connectivity index (χ0) is 21.1. The SMILES string of the molecule is NC1CCN(c2cnc3c(O)ccc(C(=O)O)c3c2)CC1.O=C(O)C(F)(F)F. The molecule has 5 N–H and O–H groups in total. The first kappa shape index (κ1) is 21.2. The molecule has 0 spiro atoms. The van der Waals surface area contributed by atoms with Crippen molar-refractivity contribution in [1.29, 1.82) is 0 Å². The van der Waals surface area contributed by atoms with Gasteiger partial charge in [0.05, 0.1) is 17.4 Å². The summed E-state index contributed by atoms with van der Waals surface area (Å²) in [4.78, 5) is 26.6. The van der Waals surface area contributed by atoms with Crippen LogP contribution in [0.5, 0.6) is 5.75 Å². The fourth-order valence-corrected chi connectivity index (χ4v) is 2.71. The molecule has 8 nitrogen and oxygen atoms in total. The topological polar surface area (TPSA) is 137 Å². The van der Waals surface area contributed by atoms with Crippen LogP contribution in [0.25, 0.3) is 10.9 Å². The highest BCUT2D eigenvalue weighted by atomic mass is 19.4. The van der Waals surface area contributed by atoms with Gasteiger partial charge < -0.3 is 26.0 Å². The molecule has 1 saturated heterocycles. The summed E-state index contributed by atoms with van der Waals surface area (Å²) in [6, 6.07) is 4.77. The molecule has 0 unspecified atom stereocenters. The summed E-state index contributed by atoms with van der Waals surface area (Å²) in [5.74, 6) is -3.80. The lowest BCUT2D eigenvalue weighted by atomic mass is 10.0. The van der Waals surface area contributed by atoms with Crippen molar-refractivity contribution in [3.8, 4) is 5.75 Å². The van der Waals surface area contributed by atoms with Gasteiger partial charge in [-0.1, -0.05) is 0 Å². The highest BCUT2D eigenvalue weighted by molar-refractivity contribution is 6.05. The van der Waals surface area contributed by atoms with Crippen molar-refractivity contribution in [1.82, 2.24) is 4.98 Å². The van der Waals surface area contributed by atoms with Crippen LogP contribution in [0.15, 0.2) is 24.4 Å². The van der Waals surface area contributed by atoms with Crippen molar-refractivity contribution in [2.45, 2.75) is 25.1 Å². The number of carboxylic acid groups (broad SMARTS) is 2. The molecule has 0 bridgehead atoms. The number of aromatic carboxylic acids is 1. The number of nitrogens with two attached hydrogens (primary N) is 1. The maximum atomic E-state index is 11.3. The van der Waals surface area contributed by atoms with E-state index in [1.807, 2.05) is 0 Å². The quantitative estimate of drug-likeness (QED) is 0.601. The number of pyridine rings is 1. The van der Waals surface area contributed by atoms with Crippen molar-refractivity contribution < 1.29 is 38.1 Å². The molecule has 0 radical (unpaired) electrons. The fourth-order valence-electron chi connectivity index (χ4n) is 2.71. The lowest BCUT2D eigenvalue weighted by molar-refractivity contribution is -0.192. The molecule has 3 rings (SSSR count). The van der Waals surface area contributed by atoms with E-state index in [2.05, 4.69) is 9.88 Å². The molecule has 0 atom stereocenters. The monoisotopic (exact) mass is 401 g/mol. The van der Waals surface area contributed by atoms with Gasteiger partial charge in [-0.3, -0.25) is 4.98 Å². The van der Waals surface area contributed by atoms with Crippen molar-refractivity contribution in [3.63, 3.8) is 0 Å². The van der Waals surface area contributed by atoms with Crippen LogP contribution in [0.4, 0.5) is 18.9 Å². The van der Waals surface area contributed by atoms with Crippen LogP contribution in [-0.2, 0) is 4.79 Å². The van der Waals surface area contributed by atoms with E-state index in [0.29, 0.717) is 10.9 Å². The van der Waals surface area contributed by atoms with E-state index in [4.69, 9.17) is 15.6 Å². The fraction of sp³-hybridized carbons (Fsp3) is 0.353. The average Bonchev–Trinajstić information content (AvgIpc) is 2.62. The highest BCUT2D eigenvalue weighted by Crippen LogP contribution is 2.30. The molecular weight excluding hydrogens is 383 g/mol. The summed E-state index contributed by atoms with van der Waals surface area (Å²) in [5, 5.41) is 26.7. The van der Waals surface area contributed by atoms with Crippen LogP contribution in [-0.4, -0.2) is 57.5 Å². The van der Waals surface area contributed by atoms with Crippen LogP contribution >= 0.6 is 0 Å². The minimum absolute atomic E-state index is 0.0118. The predicted octanol–water partition coefficient (Wildman–Crippen LogP) is 2.20. The first-order valence-electron chi connectivity index (χ1n) is 8.16. The number of nitrogens with zero attached hydrogens (tertiary/aromatic N) is 2. The Bertz CT molecular complexity index is 880. The smallest absolute Gasteiger partial charge is 0.490 e. The summed E-state index contributed by atoms with van der Waals surface area (Å²) >= 11 is 0. The summed E-state index contributed by atoms with van der Waals surface area (Å²) < 4.78 is 31.7. The summed E-state index contributed by atoms with van der Waals surface area (Å²) in [7, 11) is 0. The van der Waals surface area contributed by atoms with E-state index < -0.39 is 18.1 Å². The van der Waals surface area contributed by atoms with Crippen LogP contribution in [0.1, 0.15) is 23.2 Å². The molecule has 1 aromatic carbocycles. The zero-order valence-corrected chi connectivity index (χ0v) is 14.5. The number of carbonyl (C=O) groups is 2. The molecule has 152 valence electrons. The Balaban J connectivity index is 0.000000345. The van der Waals surface area contributed by atoms with Gasteiger partial charge in [0, 0.05) is 24.5 Å². The number of phenols is 1. The Kier molecular flexibility index (Phi) is 6.29. The van der Waals surface area contributed by atoms with Crippen molar-refractivity contribution in [2.24, 2.45) is 5.73 Å². The lowest BCUT2D eigenvalue weighted by Gasteiger charge is -2.31. The molecule has 1 fully saturated rings. The number of halogens is 3. The van der Waals surface area contributed by atoms with E-state index in [1.54, 1.807) is 12.3 Å². The number of benzene rings is 1. The van der Waals surface area contributed by atoms with E-state index in [0.717, 1.165) is 31.6 Å². The Labute approximate surface area is 157 Å². The number of piperidine rings is 1. The predicted molar refractivity (Wildman–Crippen MR) is 93.5 cm³/mol. The molecule has 11 heteroatoms. The number of carboxylic acids is 2. The Morgan fingerprint density at radius 1 is 1.18 bits per heavy atom. The van der Waals surface area contributed by atoms with Crippen LogP contribution in [0, 0.1) is 0 Å². The van der Waals surface area contributed by atoms with Gasteiger partial charge in [-0.2, -0.15) is 13.2 Å². The number of alkyl halides is 3. The number of anilines is 1. The van der Waals surface area contributed by atoms with Gasteiger partial charge in [-0.25, -0.2) is 9.59 Å². The Morgan fingerprint density at radius 2 is 1.75 bits per heavy atom. The number of hydrogen-bond acceptors (Lipinski definition) is 6. The second-order valence-electron chi connectivity index (χ2n) is 6.15. The average molecular weight is 401 g/mol. The standard InChI is InChI=1S/C15H17N3O3.C2HF3O2/c16-9-3-5-18(6-4-9)10-7-12-11(15(20)21)1-2-13(19)14(12)17-8-10;3-2(4,5)1(6)7/h1-2,7-9,19H,3-6,16H2,(H,20,21);(H,6,7). The number of phenolic OH excluding ortho intramolecular Hbond substituents is 1. The molecule has 0 amide bonds. The summed E-state index contributed by atoms with van der Waals surface area (Å²) in [6.07, 6.45) is -1.60. The molecule has 1 aliphatic rings. The van der Waals surface area contributed by atoms with Gasteiger partial charge in [0.25, 0.3) is 0 Å². The van der Waals surface area contributed by atoms with Gasteiger partial charge in [-0.05, 0) is 31.0 Å². The lowest BCUT2D eigenvalue weighted by Crippen LogP contribution is -2.39. The number of rotatable bonds is 2. The minimum atomic E-state index is -5.08. The molecule has 0 aliphatic carbocycles. The number of hydrogen-bond donors (Lipinski definition) is 4. The third kappa shape index (κ3) is 5.00. The third-order valence-corrected chi connectivity index (χ3v) is 4.19. The van der Waals surface area contributed by atoms with E-state index >= 15 is 0 Å². The normalized spacial score (nSPS) is 15.1. The van der Waals surface area contributed by atoms with Gasteiger partial charge >= 0.3 is 18.1 Å². The number of aliphatic carboxylic acids is 1. The molecule has 28 heavy (non-hydrogen) atoms. The van der Waals surface area contributed by atoms with Crippen molar-refractivity contribution in [3.05, 3.63) is 30.0 Å². The second-order valence-corrected chi connectivity index (χ2v) is 6.15.